The summed E-state index contributed by atoms with van der Waals surface area (Å²) in [6, 6.07) is 44.1. The van der Waals surface area contributed by atoms with Crippen LogP contribution in [0.5, 0.6) is 11.5 Å². The second-order valence-electron chi connectivity index (χ2n) is 12.7. The molecule has 1 spiro atoms. The molecule has 0 aliphatic carbocycles. The summed E-state index contributed by atoms with van der Waals surface area (Å²) in [5.74, 6) is -0.187. The topological polar surface area (TPSA) is 73.8 Å². The van der Waals surface area contributed by atoms with Crippen LogP contribution in [0.25, 0.3) is 0 Å². The lowest BCUT2D eigenvalue weighted by atomic mass is 9.86. The van der Waals surface area contributed by atoms with E-state index in [1.165, 1.54) is 0 Å². The lowest BCUT2D eigenvalue weighted by Gasteiger charge is -2.51. The molecule has 1 fully saturated rings. The Morgan fingerprint density at radius 3 is 1.63 bits per heavy atom. The molecule has 1 saturated heterocycles. The van der Waals surface area contributed by atoms with Gasteiger partial charge in [-0.1, -0.05) is 121 Å². The van der Waals surface area contributed by atoms with E-state index in [4.69, 9.17) is 37.9 Å². The Morgan fingerprint density at radius 2 is 1.10 bits per heavy atom. The predicted molar refractivity (Wildman–Crippen MR) is 192 cm³/mol. The van der Waals surface area contributed by atoms with Crippen molar-refractivity contribution in [3.8, 4) is 11.5 Å². The SMILES string of the molecule is COc1cc2c(c(OC)c1)[C@]1(OC2)O[C@H](COCc2ccccc2)[C@@H](OCc2ccccc2)[C@H](OCc2ccccc2)[C@H]1OCc1ccccc1. The molecule has 0 aromatic heterocycles. The molecule has 2 heterocycles. The Morgan fingerprint density at radius 1 is 0.588 bits per heavy atom. The van der Waals surface area contributed by atoms with E-state index in [0.717, 1.165) is 33.4 Å². The third-order valence-corrected chi connectivity index (χ3v) is 9.33. The fourth-order valence-electron chi connectivity index (χ4n) is 6.85. The van der Waals surface area contributed by atoms with Crippen molar-refractivity contribution >= 4 is 0 Å². The van der Waals surface area contributed by atoms with Gasteiger partial charge in [-0.05, 0) is 33.9 Å². The molecule has 8 nitrogen and oxygen atoms in total. The molecule has 0 N–H and O–H groups in total. The Balaban J connectivity index is 1.31. The monoisotopic (exact) mass is 688 g/mol. The van der Waals surface area contributed by atoms with Crippen molar-refractivity contribution in [2.45, 2.75) is 63.2 Å². The number of hydrogen-bond acceptors (Lipinski definition) is 8. The molecular formula is C43H44O8. The molecule has 0 amide bonds. The molecule has 2 aliphatic heterocycles. The van der Waals surface area contributed by atoms with Crippen molar-refractivity contribution in [3.63, 3.8) is 0 Å². The van der Waals surface area contributed by atoms with Gasteiger partial charge in [0, 0.05) is 6.07 Å². The highest BCUT2D eigenvalue weighted by molar-refractivity contribution is 5.51. The average Bonchev–Trinajstić information content (AvgIpc) is 3.55. The number of ether oxygens (including phenoxy) is 8. The molecule has 7 rings (SSSR count). The van der Waals surface area contributed by atoms with Crippen molar-refractivity contribution < 1.29 is 37.9 Å². The van der Waals surface area contributed by atoms with Gasteiger partial charge in [-0.3, -0.25) is 0 Å². The third-order valence-electron chi connectivity index (χ3n) is 9.33. The second-order valence-corrected chi connectivity index (χ2v) is 12.7. The van der Waals surface area contributed by atoms with Gasteiger partial charge in [-0.2, -0.15) is 0 Å². The third kappa shape index (κ3) is 8.02. The van der Waals surface area contributed by atoms with E-state index in [9.17, 15) is 0 Å². The summed E-state index contributed by atoms with van der Waals surface area (Å²) >= 11 is 0. The van der Waals surface area contributed by atoms with Crippen LogP contribution in [0, 0.1) is 0 Å². The molecule has 5 atom stereocenters. The summed E-state index contributed by atoms with van der Waals surface area (Å²) in [4.78, 5) is 0. The first kappa shape index (κ1) is 34.9. The van der Waals surface area contributed by atoms with Crippen molar-refractivity contribution in [2.24, 2.45) is 0 Å². The first-order chi connectivity index (χ1) is 25.2. The normalized spacial score (nSPS) is 22.5. The van der Waals surface area contributed by atoms with Gasteiger partial charge in [0.05, 0.1) is 59.4 Å². The summed E-state index contributed by atoms with van der Waals surface area (Å²) in [6.45, 7) is 1.82. The van der Waals surface area contributed by atoms with E-state index in [0.29, 0.717) is 37.9 Å². The van der Waals surface area contributed by atoms with Gasteiger partial charge in [0.15, 0.2) is 0 Å². The van der Waals surface area contributed by atoms with E-state index in [1.54, 1.807) is 14.2 Å². The minimum Gasteiger partial charge on any atom is -0.497 e. The molecule has 51 heavy (non-hydrogen) atoms. The van der Waals surface area contributed by atoms with Gasteiger partial charge < -0.3 is 37.9 Å². The molecule has 2 aliphatic rings. The molecule has 5 aromatic rings. The quantitative estimate of drug-likeness (QED) is 0.111. The number of hydrogen-bond donors (Lipinski definition) is 0. The van der Waals surface area contributed by atoms with Gasteiger partial charge in [0.25, 0.3) is 0 Å². The first-order valence-corrected chi connectivity index (χ1v) is 17.3. The van der Waals surface area contributed by atoms with Crippen molar-refractivity contribution in [1.29, 1.82) is 0 Å². The fourth-order valence-corrected chi connectivity index (χ4v) is 6.85. The van der Waals surface area contributed by atoms with Crippen LogP contribution in [0.4, 0.5) is 0 Å². The van der Waals surface area contributed by atoms with Crippen LogP contribution in [0.15, 0.2) is 133 Å². The Labute approximate surface area is 299 Å². The lowest BCUT2D eigenvalue weighted by Crippen LogP contribution is -2.65. The zero-order chi connectivity index (χ0) is 34.9. The maximum atomic E-state index is 7.20. The highest BCUT2D eigenvalue weighted by Crippen LogP contribution is 2.53. The van der Waals surface area contributed by atoms with Crippen molar-refractivity contribution in [1.82, 2.24) is 0 Å². The number of methoxy groups -OCH3 is 2. The van der Waals surface area contributed by atoms with Crippen LogP contribution in [0.1, 0.15) is 33.4 Å². The highest BCUT2D eigenvalue weighted by atomic mass is 16.7. The van der Waals surface area contributed by atoms with Gasteiger partial charge in [-0.25, -0.2) is 0 Å². The van der Waals surface area contributed by atoms with E-state index >= 15 is 0 Å². The van der Waals surface area contributed by atoms with Crippen LogP contribution < -0.4 is 9.47 Å². The lowest BCUT2D eigenvalue weighted by molar-refractivity contribution is -0.387. The summed E-state index contributed by atoms with van der Waals surface area (Å²) in [6.07, 6.45) is -2.66. The number of fused-ring (bicyclic) bond motifs is 2. The zero-order valence-electron chi connectivity index (χ0n) is 29.0. The maximum Gasteiger partial charge on any atom is 0.229 e. The van der Waals surface area contributed by atoms with Gasteiger partial charge in [-0.15, -0.1) is 0 Å². The highest BCUT2D eigenvalue weighted by Gasteiger charge is 2.62. The average molecular weight is 689 g/mol. The van der Waals surface area contributed by atoms with Crippen LogP contribution in [-0.2, 0) is 67.2 Å². The molecule has 0 unspecified atom stereocenters. The van der Waals surface area contributed by atoms with Crippen LogP contribution in [0.3, 0.4) is 0 Å². The molecular weight excluding hydrogens is 644 g/mol. The number of rotatable bonds is 15. The summed E-state index contributed by atoms with van der Waals surface area (Å²) in [5, 5.41) is 0. The molecule has 8 heteroatoms. The van der Waals surface area contributed by atoms with Gasteiger partial charge >= 0.3 is 0 Å². The largest absolute Gasteiger partial charge is 0.497 e. The van der Waals surface area contributed by atoms with E-state index in [1.807, 2.05) is 133 Å². The molecule has 5 aromatic carbocycles. The molecule has 264 valence electrons. The van der Waals surface area contributed by atoms with Crippen LogP contribution in [-0.4, -0.2) is 45.2 Å². The van der Waals surface area contributed by atoms with E-state index < -0.39 is 30.2 Å². The zero-order valence-corrected chi connectivity index (χ0v) is 29.0. The fraction of sp³-hybridized carbons (Fsp3) is 0.302. The van der Waals surface area contributed by atoms with E-state index in [-0.39, 0.29) is 13.2 Å². The van der Waals surface area contributed by atoms with Gasteiger partial charge in [0.2, 0.25) is 5.79 Å². The van der Waals surface area contributed by atoms with Crippen molar-refractivity contribution in [2.75, 3.05) is 20.8 Å². The summed E-state index contributed by atoms with van der Waals surface area (Å²) in [5.41, 5.74) is 5.74. The predicted octanol–water partition coefficient (Wildman–Crippen LogP) is 7.76. The number of benzene rings is 5. The smallest absolute Gasteiger partial charge is 0.229 e. The first-order valence-electron chi connectivity index (χ1n) is 17.3. The van der Waals surface area contributed by atoms with Gasteiger partial charge in [0.1, 0.15) is 35.9 Å². The van der Waals surface area contributed by atoms with Crippen LogP contribution in [0.2, 0.25) is 0 Å². The second kappa shape index (κ2) is 16.7. The van der Waals surface area contributed by atoms with E-state index in [2.05, 4.69) is 0 Å². The minimum atomic E-state index is -1.42. The standard InChI is InChI=1S/C43H44O8/c1-44-36-23-35-29-50-43(39(35)37(24-36)45-2)42(49-28-34-21-13-6-14-22-34)41(48-27-33-19-11-5-12-20-33)40(47-26-32-17-9-4-10-18-32)38(51-43)30-46-25-31-15-7-3-8-16-31/h3-24,38,40-42H,25-30H2,1-2H3/t38-,40-,41+,42-,43+/m1/s1. The molecule has 0 radical (unpaired) electrons. The molecule has 0 bridgehead atoms. The van der Waals surface area contributed by atoms with Crippen molar-refractivity contribution in [3.05, 3.63) is 167 Å². The maximum absolute atomic E-state index is 7.20. The summed E-state index contributed by atoms with van der Waals surface area (Å²) in [7, 11) is 3.28. The Bertz CT molecular complexity index is 1800. The molecule has 0 saturated carbocycles. The Hall–Kier alpha value is -4.54. The summed E-state index contributed by atoms with van der Waals surface area (Å²) < 4.78 is 52.8. The Kier molecular flexibility index (Phi) is 11.4. The minimum absolute atomic E-state index is 0.212. The van der Waals surface area contributed by atoms with Crippen LogP contribution >= 0.6 is 0 Å².